The summed E-state index contributed by atoms with van der Waals surface area (Å²) >= 11 is 0. The molecule has 2 aromatic rings. The van der Waals surface area contributed by atoms with Crippen molar-refractivity contribution in [1.82, 2.24) is 0 Å². The third-order valence-corrected chi connectivity index (χ3v) is 3.98. The molecule has 1 aliphatic rings. The van der Waals surface area contributed by atoms with Gasteiger partial charge >= 0.3 is 0 Å². The summed E-state index contributed by atoms with van der Waals surface area (Å²) in [6, 6.07) is 14.1. The average molecular weight is 311 g/mol. The molecule has 4 heteroatoms. The lowest BCUT2D eigenvalue weighted by molar-refractivity contribution is 0.0489. The van der Waals surface area contributed by atoms with Gasteiger partial charge in [-0.3, -0.25) is 4.99 Å². The number of methoxy groups -OCH3 is 2. The summed E-state index contributed by atoms with van der Waals surface area (Å²) in [5.41, 5.74) is 3.56. The number of ether oxygens (including phenoxy) is 3. The molecule has 2 aromatic carbocycles. The summed E-state index contributed by atoms with van der Waals surface area (Å²) in [6.45, 7) is 1.36. The van der Waals surface area contributed by atoms with E-state index in [9.17, 15) is 0 Å². The van der Waals surface area contributed by atoms with Gasteiger partial charge in [-0.15, -0.1) is 0 Å². The average Bonchev–Trinajstić information content (AvgIpc) is 2.61. The fraction of sp³-hybridized carbons (Fsp3) is 0.316. The molecule has 1 aliphatic heterocycles. The van der Waals surface area contributed by atoms with Crippen molar-refractivity contribution in [1.29, 1.82) is 0 Å². The van der Waals surface area contributed by atoms with Crippen LogP contribution in [-0.2, 0) is 11.2 Å². The van der Waals surface area contributed by atoms with Gasteiger partial charge in [0.1, 0.15) is 17.6 Å². The predicted molar refractivity (Wildman–Crippen MR) is 90.8 cm³/mol. The second-order valence-corrected chi connectivity index (χ2v) is 5.45. The minimum absolute atomic E-state index is 0.0312. The van der Waals surface area contributed by atoms with E-state index < -0.39 is 0 Å². The van der Waals surface area contributed by atoms with Crippen LogP contribution in [0, 0.1) is 0 Å². The maximum Gasteiger partial charge on any atom is 0.123 e. The van der Waals surface area contributed by atoms with Crippen LogP contribution in [0.1, 0.15) is 22.8 Å². The molecule has 0 spiro atoms. The van der Waals surface area contributed by atoms with Crippen molar-refractivity contribution in [3.8, 4) is 11.5 Å². The lowest BCUT2D eigenvalue weighted by atomic mass is 9.98. The van der Waals surface area contributed by atoms with Gasteiger partial charge < -0.3 is 14.2 Å². The molecule has 0 unspecified atom stereocenters. The normalized spacial score (nSPS) is 17.0. The predicted octanol–water partition coefficient (Wildman–Crippen LogP) is 3.44. The number of nitrogens with zero attached hydrogens (tertiary/aromatic N) is 1. The summed E-state index contributed by atoms with van der Waals surface area (Å²) in [7, 11) is 3.28. The van der Waals surface area contributed by atoms with Gasteiger partial charge in [-0.25, -0.2) is 0 Å². The summed E-state index contributed by atoms with van der Waals surface area (Å²) in [6.07, 6.45) is 2.85. The van der Waals surface area contributed by atoms with Gasteiger partial charge in [0, 0.05) is 12.3 Å². The molecule has 0 aromatic heterocycles. The summed E-state index contributed by atoms with van der Waals surface area (Å²) < 4.78 is 16.4. The Balaban J connectivity index is 1.73. The van der Waals surface area contributed by atoms with Crippen LogP contribution in [0.25, 0.3) is 0 Å². The van der Waals surface area contributed by atoms with Crippen molar-refractivity contribution in [2.45, 2.75) is 12.5 Å². The Labute approximate surface area is 136 Å². The fourth-order valence-electron chi connectivity index (χ4n) is 2.79. The summed E-state index contributed by atoms with van der Waals surface area (Å²) in [4.78, 5) is 4.55. The van der Waals surface area contributed by atoms with E-state index in [4.69, 9.17) is 14.2 Å². The van der Waals surface area contributed by atoms with E-state index in [1.165, 1.54) is 11.1 Å². The highest BCUT2D eigenvalue weighted by Crippen LogP contribution is 2.27. The number of hydrogen-bond acceptors (Lipinski definition) is 4. The monoisotopic (exact) mass is 311 g/mol. The fourth-order valence-corrected chi connectivity index (χ4v) is 2.79. The molecule has 0 bridgehead atoms. The third kappa shape index (κ3) is 3.71. The van der Waals surface area contributed by atoms with E-state index in [1.807, 2.05) is 24.4 Å². The quantitative estimate of drug-likeness (QED) is 0.794. The molecule has 0 radical (unpaired) electrons. The van der Waals surface area contributed by atoms with Crippen molar-refractivity contribution >= 4 is 6.21 Å². The Hall–Kier alpha value is -2.33. The van der Waals surface area contributed by atoms with Crippen molar-refractivity contribution in [3.05, 3.63) is 59.2 Å². The Morgan fingerprint density at radius 3 is 2.61 bits per heavy atom. The van der Waals surface area contributed by atoms with Crippen molar-refractivity contribution in [3.63, 3.8) is 0 Å². The first-order valence-corrected chi connectivity index (χ1v) is 7.72. The number of fused-ring (bicyclic) bond motifs is 1. The van der Waals surface area contributed by atoms with Crippen LogP contribution in [0.4, 0.5) is 0 Å². The SMILES string of the molecule is COc1cc(C=NC[C@H]2OCCc3ccccc32)cc(OC)c1. The minimum atomic E-state index is 0.0312. The Morgan fingerprint density at radius 2 is 1.87 bits per heavy atom. The summed E-state index contributed by atoms with van der Waals surface area (Å²) in [5.74, 6) is 1.51. The van der Waals surface area contributed by atoms with Gasteiger partial charge in [0.25, 0.3) is 0 Å². The van der Waals surface area contributed by atoms with Gasteiger partial charge in [-0.05, 0) is 35.2 Å². The lowest BCUT2D eigenvalue weighted by Gasteiger charge is -2.24. The molecule has 1 atom stereocenters. The largest absolute Gasteiger partial charge is 0.497 e. The molecule has 4 nitrogen and oxygen atoms in total. The van der Waals surface area contributed by atoms with Gasteiger partial charge in [0.15, 0.2) is 0 Å². The third-order valence-electron chi connectivity index (χ3n) is 3.98. The molecule has 3 rings (SSSR count). The van der Waals surface area contributed by atoms with Crippen LogP contribution in [-0.4, -0.2) is 33.6 Å². The summed E-state index contributed by atoms with van der Waals surface area (Å²) in [5, 5.41) is 0. The molecule has 0 saturated heterocycles. The van der Waals surface area contributed by atoms with E-state index >= 15 is 0 Å². The van der Waals surface area contributed by atoms with E-state index in [0.29, 0.717) is 6.54 Å². The Bertz CT molecular complexity index is 675. The van der Waals surface area contributed by atoms with Gasteiger partial charge in [-0.2, -0.15) is 0 Å². The molecule has 0 N–H and O–H groups in total. The molecule has 0 saturated carbocycles. The molecular weight excluding hydrogens is 290 g/mol. The van der Waals surface area contributed by atoms with Gasteiger partial charge in [0.2, 0.25) is 0 Å². The van der Waals surface area contributed by atoms with E-state index in [0.717, 1.165) is 30.1 Å². The van der Waals surface area contributed by atoms with Crippen LogP contribution < -0.4 is 9.47 Å². The molecule has 0 aliphatic carbocycles. The Kier molecular flexibility index (Phi) is 4.93. The first kappa shape index (κ1) is 15.6. The zero-order valence-electron chi connectivity index (χ0n) is 13.5. The van der Waals surface area contributed by atoms with Gasteiger partial charge in [0.05, 0.1) is 27.4 Å². The zero-order chi connectivity index (χ0) is 16.1. The maximum absolute atomic E-state index is 5.87. The highest BCUT2D eigenvalue weighted by Gasteiger charge is 2.19. The van der Waals surface area contributed by atoms with Crippen molar-refractivity contribution in [2.24, 2.45) is 4.99 Å². The zero-order valence-corrected chi connectivity index (χ0v) is 13.5. The molecule has 23 heavy (non-hydrogen) atoms. The van der Waals surface area contributed by atoms with Gasteiger partial charge in [-0.1, -0.05) is 24.3 Å². The number of hydrogen-bond donors (Lipinski definition) is 0. The number of aliphatic imine (C=N–C) groups is 1. The minimum Gasteiger partial charge on any atom is -0.497 e. The highest BCUT2D eigenvalue weighted by molar-refractivity contribution is 5.81. The standard InChI is InChI=1S/C19H21NO3/c1-21-16-9-14(10-17(11-16)22-2)12-20-13-19-18-6-4-3-5-15(18)7-8-23-19/h3-6,9-12,19H,7-8,13H2,1-2H3/t19-/m1/s1. The first-order chi connectivity index (χ1) is 11.3. The van der Waals surface area contributed by atoms with E-state index in [1.54, 1.807) is 14.2 Å². The molecular formula is C19H21NO3. The molecule has 0 amide bonds. The van der Waals surface area contributed by atoms with Crippen LogP contribution in [0.15, 0.2) is 47.5 Å². The first-order valence-electron chi connectivity index (χ1n) is 7.72. The molecule has 1 heterocycles. The second-order valence-electron chi connectivity index (χ2n) is 5.45. The van der Waals surface area contributed by atoms with Crippen molar-refractivity contribution in [2.75, 3.05) is 27.4 Å². The second kappa shape index (κ2) is 7.29. The Morgan fingerprint density at radius 1 is 1.13 bits per heavy atom. The number of benzene rings is 2. The van der Waals surface area contributed by atoms with E-state index in [-0.39, 0.29) is 6.10 Å². The maximum atomic E-state index is 5.87. The highest BCUT2D eigenvalue weighted by atomic mass is 16.5. The topological polar surface area (TPSA) is 40.0 Å². The number of rotatable bonds is 5. The van der Waals surface area contributed by atoms with Crippen molar-refractivity contribution < 1.29 is 14.2 Å². The lowest BCUT2D eigenvalue weighted by Crippen LogP contribution is -2.18. The van der Waals surface area contributed by atoms with Crippen LogP contribution in [0.3, 0.4) is 0 Å². The van der Waals surface area contributed by atoms with E-state index in [2.05, 4.69) is 29.3 Å². The van der Waals surface area contributed by atoms with Crippen LogP contribution >= 0.6 is 0 Å². The van der Waals surface area contributed by atoms with Crippen LogP contribution in [0.2, 0.25) is 0 Å². The molecule has 0 fully saturated rings. The van der Waals surface area contributed by atoms with Crippen LogP contribution in [0.5, 0.6) is 11.5 Å². The molecule has 120 valence electrons. The smallest absolute Gasteiger partial charge is 0.123 e.